The molecule has 1 heterocycles. The average molecular weight is 389 g/mol. The first-order valence-electron chi connectivity index (χ1n) is 9.72. The number of rotatable bonds is 7. The normalized spacial score (nSPS) is 10.7. The lowest BCUT2D eigenvalue weighted by Crippen LogP contribution is -2.16. The summed E-state index contributed by atoms with van der Waals surface area (Å²) in [6.07, 6.45) is 1.67. The van der Waals surface area contributed by atoms with E-state index in [0.29, 0.717) is 18.2 Å². The van der Waals surface area contributed by atoms with Crippen molar-refractivity contribution in [2.45, 2.75) is 33.2 Å². The van der Waals surface area contributed by atoms with Gasteiger partial charge in [-0.1, -0.05) is 50.2 Å². The van der Waals surface area contributed by atoms with Gasteiger partial charge in [-0.3, -0.25) is 4.79 Å². The number of ether oxygens (including phenoxy) is 1. The first-order chi connectivity index (χ1) is 14.0. The summed E-state index contributed by atoms with van der Waals surface area (Å²) < 4.78 is 5.37. The van der Waals surface area contributed by atoms with Crippen LogP contribution in [0.2, 0.25) is 0 Å². The molecule has 0 atom stereocenters. The van der Waals surface area contributed by atoms with Crippen molar-refractivity contribution in [2.24, 2.45) is 0 Å². The summed E-state index contributed by atoms with van der Waals surface area (Å²) in [4.78, 5) is 17.0. The lowest BCUT2D eigenvalue weighted by atomic mass is 9.98. The topological polar surface area (TPSA) is 63.2 Å². The molecule has 0 radical (unpaired) electrons. The van der Waals surface area contributed by atoms with Gasteiger partial charge in [0.2, 0.25) is 0 Å². The number of nitrogens with zero attached hydrogens (tertiary/aromatic N) is 1. The molecular formula is C24H27N3O2. The summed E-state index contributed by atoms with van der Waals surface area (Å²) in [6, 6.07) is 17.5. The number of carbonyl (C=O) groups is 1. The molecule has 29 heavy (non-hydrogen) atoms. The van der Waals surface area contributed by atoms with Crippen LogP contribution in [0.15, 0.2) is 60.8 Å². The maximum Gasteiger partial charge on any atom is 0.274 e. The van der Waals surface area contributed by atoms with Gasteiger partial charge in [0.1, 0.15) is 11.4 Å². The molecule has 5 nitrogen and oxygen atoms in total. The van der Waals surface area contributed by atoms with E-state index >= 15 is 0 Å². The summed E-state index contributed by atoms with van der Waals surface area (Å²) in [5.41, 5.74) is 5.30. The van der Waals surface area contributed by atoms with Gasteiger partial charge in [0, 0.05) is 17.8 Å². The van der Waals surface area contributed by atoms with Crippen LogP contribution in [-0.4, -0.2) is 18.0 Å². The van der Waals surface area contributed by atoms with Gasteiger partial charge < -0.3 is 15.4 Å². The third-order valence-electron chi connectivity index (χ3n) is 4.84. The lowest BCUT2D eigenvalue weighted by Gasteiger charge is -2.16. The smallest absolute Gasteiger partial charge is 0.274 e. The lowest BCUT2D eigenvalue weighted by molar-refractivity contribution is 0.102. The molecule has 0 aliphatic carbocycles. The van der Waals surface area contributed by atoms with Crippen molar-refractivity contribution < 1.29 is 9.53 Å². The van der Waals surface area contributed by atoms with E-state index in [0.717, 1.165) is 33.8 Å². The highest BCUT2D eigenvalue weighted by Gasteiger charge is 2.14. The minimum absolute atomic E-state index is 0.211. The third-order valence-corrected chi connectivity index (χ3v) is 4.84. The average Bonchev–Trinajstić information content (AvgIpc) is 2.74. The van der Waals surface area contributed by atoms with E-state index in [-0.39, 0.29) is 5.91 Å². The summed E-state index contributed by atoms with van der Waals surface area (Å²) >= 11 is 0. The largest absolute Gasteiger partial charge is 0.496 e. The Bertz CT molecular complexity index is 982. The molecule has 1 amide bonds. The van der Waals surface area contributed by atoms with Gasteiger partial charge >= 0.3 is 0 Å². The molecule has 0 fully saturated rings. The number of nitrogens with one attached hydrogen (secondary N) is 2. The predicted molar refractivity (Wildman–Crippen MR) is 118 cm³/mol. The summed E-state index contributed by atoms with van der Waals surface area (Å²) in [5, 5.41) is 6.34. The van der Waals surface area contributed by atoms with E-state index in [1.807, 2.05) is 55.5 Å². The Labute approximate surface area is 172 Å². The first kappa shape index (κ1) is 20.4. The molecule has 0 unspecified atom stereocenters. The Hall–Kier alpha value is -3.34. The number of carbonyl (C=O) groups excluding carboxylic acids is 1. The molecule has 0 saturated carbocycles. The van der Waals surface area contributed by atoms with Crippen LogP contribution in [0, 0.1) is 6.92 Å². The van der Waals surface area contributed by atoms with Crippen LogP contribution < -0.4 is 15.4 Å². The number of hydrogen-bond acceptors (Lipinski definition) is 4. The highest BCUT2D eigenvalue weighted by molar-refractivity contribution is 6.03. The second kappa shape index (κ2) is 9.24. The van der Waals surface area contributed by atoms with Crippen LogP contribution >= 0.6 is 0 Å². The molecule has 5 heteroatoms. The van der Waals surface area contributed by atoms with E-state index in [1.54, 1.807) is 19.4 Å². The van der Waals surface area contributed by atoms with Crippen molar-refractivity contribution in [2.75, 3.05) is 17.7 Å². The number of anilines is 2. The summed E-state index contributed by atoms with van der Waals surface area (Å²) in [7, 11) is 1.66. The van der Waals surface area contributed by atoms with Gasteiger partial charge in [0.25, 0.3) is 5.91 Å². The summed E-state index contributed by atoms with van der Waals surface area (Å²) in [6.45, 7) is 6.84. The van der Waals surface area contributed by atoms with Crippen molar-refractivity contribution in [3.8, 4) is 5.75 Å². The maximum atomic E-state index is 12.7. The zero-order valence-corrected chi connectivity index (χ0v) is 17.3. The summed E-state index contributed by atoms with van der Waals surface area (Å²) in [5.74, 6) is 0.945. The van der Waals surface area contributed by atoms with Crippen molar-refractivity contribution in [3.63, 3.8) is 0 Å². The van der Waals surface area contributed by atoms with Crippen LogP contribution in [0.25, 0.3) is 0 Å². The fourth-order valence-corrected chi connectivity index (χ4v) is 3.20. The van der Waals surface area contributed by atoms with E-state index in [4.69, 9.17) is 4.74 Å². The molecule has 0 saturated heterocycles. The Balaban J connectivity index is 1.68. The first-order valence-corrected chi connectivity index (χ1v) is 9.72. The second-order valence-electron chi connectivity index (χ2n) is 7.25. The minimum Gasteiger partial charge on any atom is -0.496 e. The monoisotopic (exact) mass is 389 g/mol. The third kappa shape index (κ3) is 4.93. The van der Waals surface area contributed by atoms with Crippen LogP contribution in [0.3, 0.4) is 0 Å². The Kier molecular flexibility index (Phi) is 6.50. The minimum atomic E-state index is -0.211. The maximum absolute atomic E-state index is 12.7. The number of methoxy groups -OCH3 is 1. The van der Waals surface area contributed by atoms with Crippen LogP contribution in [0.1, 0.15) is 46.9 Å². The van der Waals surface area contributed by atoms with Crippen LogP contribution in [-0.2, 0) is 6.54 Å². The molecule has 150 valence electrons. The van der Waals surface area contributed by atoms with Crippen LogP contribution in [0.4, 0.5) is 11.4 Å². The van der Waals surface area contributed by atoms with E-state index < -0.39 is 0 Å². The zero-order chi connectivity index (χ0) is 20.8. The molecule has 3 rings (SSSR count). The molecule has 2 N–H and O–H groups in total. The van der Waals surface area contributed by atoms with Gasteiger partial charge in [0.05, 0.1) is 19.0 Å². The van der Waals surface area contributed by atoms with Gasteiger partial charge in [-0.2, -0.15) is 0 Å². The van der Waals surface area contributed by atoms with Gasteiger partial charge in [-0.25, -0.2) is 4.98 Å². The number of amides is 1. The number of hydrogen-bond donors (Lipinski definition) is 2. The van der Waals surface area contributed by atoms with E-state index in [9.17, 15) is 4.79 Å². The van der Waals surface area contributed by atoms with Crippen LogP contribution in [0.5, 0.6) is 5.75 Å². The zero-order valence-electron chi connectivity index (χ0n) is 17.3. The second-order valence-corrected chi connectivity index (χ2v) is 7.25. The number of pyridine rings is 1. The Morgan fingerprint density at radius 1 is 1.07 bits per heavy atom. The quantitative estimate of drug-likeness (QED) is 0.569. The van der Waals surface area contributed by atoms with Crippen molar-refractivity contribution in [3.05, 3.63) is 83.2 Å². The fraction of sp³-hybridized carbons (Fsp3) is 0.250. The van der Waals surface area contributed by atoms with E-state index in [2.05, 4.69) is 29.5 Å². The molecule has 0 spiro atoms. The van der Waals surface area contributed by atoms with E-state index in [1.165, 1.54) is 0 Å². The van der Waals surface area contributed by atoms with Gasteiger partial charge in [-0.15, -0.1) is 0 Å². The SMILES string of the molecule is COc1ccccc1CNc1ccc(C(=O)Nc2c(C)cccc2C(C)C)nc1. The Morgan fingerprint density at radius 3 is 2.55 bits per heavy atom. The number of aromatic nitrogens is 1. The highest BCUT2D eigenvalue weighted by atomic mass is 16.5. The molecule has 1 aromatic heterocycles. The van der Waals surface area contributed by atoms with Crippen molar-refractivity contribution >= 4 is 17.3 Å². The fourth-order valence-electron chi connectivity index (χ4n) is 3.20. The predicted octanol–water partition coefficient (Wildman–Crippen LogP) is 5.39. The van der Waals surface area contributed by atoms with Gasteiger partial charge in [-0.05, 0) is 42.2 Å². The highest BCUT2D eigenvalue weighted by Crippen LogP contribution is 2.28. The van der Waals surface area contributed by atoms with Crippen molar-refractivity contribution in [1.29, 1.82) is 0 Å². The standard InChI is InChI=1S/C24H27N3O2/c1-16(2)20-10-7-8-17(3)23(20)27-24(28)21-13-12-19(15-26-21)25-14-18-9-5-6-11-22(18)29-4/h5-13,15-16,25H,14H2,1-4H3,(H,27,28). The van der Waals surface area contributed by atoms with Gasteiger partial charge in [0.15, 0.2) is 0 Å². The van der Waals surface area contributed by atoms with Crippen molar-refractivity contribution in [1.82, 2.24) is 4.98 Å². The molecular weight excluding hydrogens is 362 g/mol. The number of benzene rings is 2. The Morgan fingerprint density at radius 2 is 1.86 bits per heavy atom. The molecule has 2 aromatic carbocycles. The molecule has 0 aliphatic rings. The number of para-hydroxylation sites is 2. The molecule has 0 aliphatic heterocycles. The number of aryl methyl sites for hydroxylation is 1. The molecule has 0 bridgehead atoms. The molecule has 3 aromatic rings.